The summed E-state index contributed by atoms with van der Waals surface area (Å²) in [4.78, 5) is 4.04. The van der Waals surface area contributed by atoms with Crippen molar-refractivity contribution in [1.82, 2.24) is 9.55 Å². The van der Waals surface area contributed by atoms with Crippen LogP contribution in [0.15, 0.2) is 55.1 Å². The molecular weight excluding hydrogens is 277 g/mol. The van der Waals surface area contributed by atoms with Gasteiger partial charge in [-0.25, -0.2) is 9.37 Å². The van der Waals surface area contributed by atoms with Crippen LogP contribution >= 0.6 is 0 Å². The zero-order chi connectivity index (χ0) is 15.5. The van der Waals surface area contributed by atoms with E-state index in [2.05, 4.69) is 4.98 Å². The van der Waals surface area contributed by atoms with Gasteiger partial charge in [0.1, 0.15) is 5.82 Å². The van der Waals surface area contributed by atoms with Crippen molar-refractivity contribution in [2.75, 3.05) is 0 Å². The number of hydrogen-bond acceptors (Lipinski definition) is 2. The molecule has 3 rings (SSSR count). The highest BCUT2D eigenvalue weighted by molar-refractivity contribution is 5.70. The Morgan fingerprint density at radius 3 is 2.64 bits per heavy atom. The second-order valence-corrected chi connectivity index (χ2v) is 4.97. The summed E-state index contributed by atoms with van der Waals surface area (Å²) in [6.07, 6.45) is 6.12. The molecule has 0 unspecified atom stereocenters. The fraction of sp³-hybridized carbons (Fsp3) is 0.111. The van der Waals surface area contributed by atoms with Gasteiger partial charge in [0.15, 0.2) is 0 Å². The van der Waals surface area contributed by atoms with Crippen LogP contribution in [0, 0.1) is 17.1 Å². The van der Waals surface area contributed by atoms with Crippen LogP contribution < -0.4 is 0 Å². The normalized spacial score (nSPS) is 10.4. The lowest BCUT2D eigenvalue weighted by Gasteiger charge is -2.12. The first-order valence-corrected chi connectivity index (χ1v) is 7.04. The van der Waals surface area contributed by atoms with Gasteiger partial charge >= 0.3 is 0 Å². The van der Waals surface area contributed by atoms with Gasteiger partial charge in [0, 0.05) is 23.6 Å². The average molecular weight is 291 g/mol. The molecule has 0 amide bonds. The molecule has 1 aromatic heterocycles. The minimum atomic E-state index is -0.371. The molecule has 0 saturated carbocycles. The molecule has 0 fully saturated rings. The van der Waals surface area contributed by atoms with E-state index in [4.69, 9.17) is 5.26 Å². The molecule has 0 bridgehead atoms. The maximum Gasteiger partial charge on any atom is 0.132 e. The molecule has 108 valence electrons. The van der Waals surface area contributed by atoms with Gasteiger partial charge in [-0.1, -0.05) is 19.1 Å². The zero-order valence-electron chi connectivity index (χ0n) is 12.1. The summed E-state index contributed by atoms with van der Waals surface area (Å²) in [7, 11) is 0. The van der Waals surface area contributed by atoms with Gasteiger partial charge in [0.25, 0.3) is 0 Å². The summed E-state index contributed by atoms with van der Waals surface area (Å²) in [6, 6.07) is 12.4. The second kappa shape index (κ2) is 5.82. The average Bonchev–Trinajstić information content (AvgIpc) is 3.08. The van der Waals surface area contributed by atoms with E-state index in [0.717, 1.165) is 23.2 Å². The third-order valence-electron chi connectivity index (χ3n) is 3.66. The van der Waals surface area contributed by atoms with Crippen molar-refractivity contribution < 1.29 is 4.39 Å². The van der Waals surface area contributed by atoms with Crippen LogP contribution in [0.3, 0.4) is 0 Å². The minimum Gasteiger partial charge on any atom is -0.306 e. The van der Waals surface area contributed by atoms with Gasteiger partial charge < -0.3 is 4.57 Å². The van der Waals surface area contributed by atoms with Gasteiger partial charge in [-0.05, 0) is 41.8 Å². The lowest BCUT2D eigenvalue weighted by molar-refractivity contribution is 0.630. The first-order chi connectivity index (χ1) is 10.7. The molecule has 0 saturated heterocycles. The molecule has 0 N–H and O–H groups in total. The number of nitrogens with zero attached hydrogens (tertiary/aromatic N) is 3. The van der Waals surface area contributed by atoms with Crippen LogP contribution in [0.5, 0.6) is 0 Å². The van der Waals surface area contributed by atoms with Crippen molar-refractivity contribution in [1.29, 1.82) is 5.26 Å². The molecule has 22 heavy (non-hydrogen) atoms. The number of nitriles is 1. The molecule has 1 heterocycles. The topological polar surface area (TPSA) is 41.6 Å². The van der Waals surface area contributed by atoms with Crippen LogP contribution in [0.25, 0.3) is 16.8 Å². The smallest absolute Gasteiger partial charge is 0.132 e. The lowest BCUT2D eigenvalue weighted by Crippen LogP contribution is -1.96. The molecular formula is C18H14FN3. The van der Waals surface area contributed by atoms with Crippen LogP contribution in [-0.4, -0.2) is 9.55 Å². The standard InChI is InChI=1S/C18H14FN3/c1-2-14-10-15(22-8-7-21-12-22)4-6-16(14)17-5-3-13(11-20)9-18(17)19/h3-10,12H,2H2,1H3. The Kier molecular flexibility index (Phi) is 3.71. The summed E-state index contributed by atoms with van der Waals surface area (Å²) < 4.78 is 16.2. The van der Waals surface area contributed by atoms with Crippen molar-refractivity contribution in [3.63, 3.8) is 0 Å². The Balaban J connectivity index is 2.10. The minimum absolute atomic E-state index is 0.328. The fourth-order valence-corrected chi connectivity index (χ4v) is 2.51. The van der Waals surface area contributed by atoms with Crippen LogP contribution in [0.1, 0.15) is 18.1 Å². The summed E-state index contributed by atoms with van der Waals surface area (Å²) >= 11 is 0. The Morgan fingerprint density at radius 1 is 1.18 bits per heavy atom. The van der Waals surface area contributed by atoms with Gasteiger partial charge in [-0.2, -0.15) is 5.26 Å². The van der Waals surface area contributed by atoms with Crippen molar-refractivity contribution in [3.8, 4) is 22.9 Å². The predicted molar refractivity (Wildman–Crippen MR) is 83.1 cm³/mol. The maximum atomic E-state index is 14.2. The number of aryl methyl sites for hydroxylation is 1. The highest BCUT2D eigenvalue weighted by Gasteiger charge is 2.11. The van der Waals surface area contributed by atoms with E-state index in [-0.39, 0.29) is 5.82 Å². The van der Waals surface area contributed by atoms with Crippen molar-refractivity contribution >= 4 is 0 Å². The van der Waals surface area contributed by atoms with E-state index in [1.807, 2.05) is 42.0 Å². The third kappa shape index (κ3) is 2.49. The molecule has 0 aliphatic heterocycles. The molecule has 0 spiro atoms. The monoisotopic (exact) mass is 291 g/mol. The number of halogens is 1. The molecule has 0 aliphatic carbocycles. The van der Waals surface area contributed by atoms with Crippen LogP contribution in [0.4, 0.5) is 4.39 Å². The lowest BCUT2D eigenvalue weighted by atomic mass is 9.96. The number of rotatable bonds is 3. The molecule has 0 atom stereocenters. The number of benzene rings is 2. The number of imidazole rings is 1. The Morgan fingerprint density at radius 2 is 2.00 bits per heavy atom. The van der Waals surface area contributed by atoms with Gasteiger partial charge in [-0.3, -0.25) is 0 Å². The van der Waals surface area contributed by atoms with Gasteiger partial charge in [-0.15, -0.1) is 0 Å². The summed E-state index contributed by atoms with van der Waals surface area (Å²) in [6.45, 7) is 2.04. The van der Waals surface area contributed by atoms with E-state index in [9.17, 15) is 4.39 Å². The fourth-order valence-electron chi connectivity index (χ4n) is 2.51. The van der Waals surface area contributed by atoms with E-state index in [1.54, 1.807) is 24.7 Å². The largest absolute Gasteiger partial charge is 0.306 e. The number of hydrogen-bond donors (Lipinski definition) is 0. The Hall–Kier alpha value is -2.93. The van der Waals surface area contributed by atoms with Crippen molar-refractivity contribution in [2.24, 2.45) is 0 Å². The molecule has 3 nitrogen and oxygen atoms in total. The van der Waals surface area contributed by atoms with Gasteiger partial charge in [0.05, 0.1) is 18.0 Å². The quantitative estimate of drug-likeness (QED) is 0.728. The Labute approximate surface area is 128 Å². The summed E-state index contributed by atoms with van der Waals surface area (Å²) in [5.74, 6) is -0.371. The van der Waals surface area contributed by atoms with E-state index in [1.165, 1.54) is 6.07 Å². The van der Waals surface area contributed by atoms with E-state index >= 15 is 0 Å². The zero-order valence-corrected chi connectivity index (χ0v) is 12.1. The molecule has 2 aromatic carbocycles. The maximum absolute atomic E-state index is 14.2. The highest BCUT2D eigenvalue weighted by Crippen LogP contribution is 2.29. The molecule has 0 radical (unpaired) electrons. The third-order valence-corrected chi connectivity index (χ3v) is 3.66. The first-order valence-electron chi connectivity index (χ1n) is 7.04. The number of aromatic nitrogens is 2. The summed E-state index contributed by atoms with van der Waals surface area (Å²) in [5, 5.41) is 8.84. The predicted octanol–water partition coefficient (Wildman–Crippen LogP) is 4.11. The van der Waals surface area contributed by atoms with E-state index in [0.29, 0.717) is 11.1 Å². The molecule has 0 aliphatic rings. The first kappa shape index (κ1) is 14.0. The van der Waals surface area contributed by atoms with Crippen LogP contribution in [0.2, 0.25) is 0 Å². The second-order valence-electron chi connectivity index (χ2n) is 4.97. The van der Waals surface area contributed by atoms with Crippen molar-refractivity contribution in [2.45, 2.75) is 13.3 Å². The Bertz CT molecular complexity index is 845. The summed E-state index contributed by atoms with van der Waals surface area (Å²) in [5.41, 5.74) is 3.75. The van der Waals surface area contributed by atoms with Gasteiger partial charge in [0.2, 0.25) is 0 Å². The molecule has 4 heteroatoms. The molecule has 3 aromatic rings. The SMILES string of the molecule is CCc1cc(-n2ccnc2)ccc1-c1ccc(C#N)cc1F. The van der Waals surface area contributed by atoms with E-state index < -0.39 is 0 Å². The highest BCUT2D eigenvalue weighted by atomic mass is 19.1. The van der Waals surface area contributed by atoms with Crippen molar-refractivity contribution in [3.05, 3.63) is 72.1 Å². The van der Waals surface area contributed by atoms with Crippen LogP contribution in [-0.2, 0) is 6.42 Å².